The topological polar surface area (TPSA) is 50.7 Å². The summed E-state index contributed by atoms with van der Waals surface area (Å²) in [4.78, 5) is 11.8. The predicted octanol–water partition coefficient (Wildman–Crippen LogP) is 4.65. The van der Waals surface area contributed by atoms with Crippen LogP contribution in [-0.2, 0) is 4.79 Å². The van der Waals surface area contributed by atoms with Gasteiger partial charge < -0.3 is 4.74 Å². The van der Waals surface area contributed by atoms with Crippen LogP contribution < -0.4 is 10.2 Å². The molecule has 24 heavy (non-hydrogen) atoms. The van der Waals surface area contributed by atoms with Crippen molar-refractivity contribution < 1.29 is 9.53 Å². The van der Waals surface area contributed by atoms with Crippen molar-refractivity contribution in [2.75, 3.05) is 6.61 Å². The van der Waals surface area contributed by atoms with Gasteiger partial charge in [0.15, 0.2) is 6.61 Å². The quantitative estimate of drug-likeness (QED) is 0.599. The molecule has 0 radical (unpaired) electrons. The smallest absolute Gasteiger partial charge is 0.277 e. The second kappa shape index (κ2) is 8.71. The van der Waals surface area contributed by atoms with Crippen LogP contribution in [0.3, 0.4) is 0 Å². The van der Waals surface area contributed by atoms with Gasteiger partial charge in [0.2, 0.25) is 0 Å². The van der Waals surface area contributed by atoms with E-state index < -0.39 is 0 Å². The number of carbonyl (C=O) groups is 1. The first-order valence-corrected chi connectivity index (χ1v) is 8.21. The molecule has 0 aliphatic heterocycles. The lowest BCUT2D eigenvalue weighted by atomic mass is 10.0. The molecule has 0 atom stereocenters. The highest BCUT2D eigenvalue weighted by Crippen LogP contribution is 2.20. The molecule has 0 fully saturated rings. The van der Waals surface area contributed by atoms with E-state index in [9.17, 15) is 4.79 Å². The molecule has 0 aromatic heterocycles. The van der Waals surface area contributed by atoms with Gasteiger partial charge >= 0.3 is 0 Å². The minimum absolute atomic E-state index is 0.118. The lowest BCUT2D eigenvalue weighted by Crippen LogP contribution is -2.24. The van der Waals surface area contributed by atoms with Crippen molar-refractivity contribution in [3.63, 3.8) is 0 Å². The maximum Gasteiger partial charge on any atom is 0.277 e. The van der Waals surface area contributed by atoms with Gasteiger partial charge in [-0.3, -0.25) is 4.79 Å². The molecule has 6 heteroatoms. The normalized spacial score (nSPS) is 11.0. The van der Waals surface area contributed by atoms with Crippen LogP contribution in [-0.4, -0.2) is 18.7 Å². The third kappa shape index (κ3) is 5.55. The van der Waals surface area contributed by atoms with Crippen LogP contribution in [0.15, 0.2) is 47.6 Å². The lowest BCUT2D eigenvalue weighted by molar-refractivity contribution is -0.123. The largest absolute Gasteiger partial charge is 0.484 e. The molecule has 0 unspecified atom stereocenters. The first-order chi connectivity index (χ1) is 11.5. The van der Waals surface area contributed by atoms with Crippen LogP contribution in [0, 0.1) is 0 Å². The minimum Gasteiger partial charge on any atom is -0.484 e. The van der Waals surface area contributed by atoms with E-state index in [1.54, 1.807) is 18.2 Å². The molecular formula is C18H18Cl2N2O2. The molecule has 0 saturated heterocycles. The highest BCUT2D eigenvalue weighted by molar-refractivity contribution is 6.36. The van der Waals surface area contributed by atoms with E-state index in [4.69, 9.17) is 27.9 Å². The Labute approximate surface area is 151 Å². The number of hydrazone groups is 1. The van der Waals surface area contributed by atoms with Gasteiger partial charge in [0.25, 0.3) is 5.91 Å². The van der Waals surface area contributed by atoms with Crippen molar-refractivity contribution in [2.24, 2.45) is 5.10 Å². The van der Waals surface area contributed by atoms with Gasteiger partial charge in [0.05, 0.1) is 11.2 Å². The zero-order valence-electron chi connectivity index (χ0n) is 13.4. The fourth-order valence-corrected chi connectivity index (χ4v) is 2.38. The zero-order valence-corrected chi connectivity index (χ0v) is 14.9. The van der Waals surface area contributed by atoms with Crippen LogP contribution in [0.1, 0.15) is 30.9 Å². The number of ether oxygens (including phenoxy) is 1. The second-order valence-electron chi connectivity index (χ2n) is 5.47. The summed E-state index contributed by atoms with van der Waals surface area (Å²) in [6, 6.07) is 12.7. The molecule has 0 spiro atoms. The number of halogens is 2. The summed E-state index contributed by atoms with van der Waals surface area (Å²) < 4.78 is 5.47. The highest BCUT2D eigenvalue weighted by Gasteiger charge is 2.04. The van der Waals surface area contributed by atoms with Crippen molar-refractivity contribution in [3.05, 3.63) is 63.6 Å². The van der Waals surface area contributed by atoms with E-state index >= 15 is 0 Å². The predicted molar refractivity (Wildman–Crippen MR) is 98.2 cm³/mol. The van der Waals surface area contributed by atoms with Gasteiger partial charge in [-0.2, -0.15) is 5.10 Å². The molecule has 2 aromatic carbocycles. The van der Waals surface area contributed by atoms with Crippen LogP contribution >= 0.6 is 23.2 Å². The van der Waals surface area contributed by atoms with Gasteiger partial charge in [0.1, 0.15) is 5.75 Å². The number of benzene rings is 2. The summed E-state index contributed by atoms with van der Waals surface area (Å²) >= 11 is 11.8. The monoisotopic (exact) mass is 364 g/mol. The van der Waals surface area contributed by atoms with E-state index in [0.29, 0.717) is 27.3 Å². The first-order valence-electron chi connectivity index (χ1n) is 7.45. The Morgan fingerprint density at radius 3 is 2.75 bits per heavy atom. The number of hydrogen-bond acceptors (Lipinski definition) is 3. The average Bonchev–Trinajstić information content (AvgIpc) is 2.55. The molecule has 0 heterocycles. The molecule has 126 valence electrons. The van der Waals surface area contributed by atoms with Gasteiger partial charge in [-0.25, -0.2) is 5.43 Å². The summed E-state index contributed by atoms with van der Waals surface area (Å²) in [5.41, 5.74) is 4.21. The molecule has 1 N–H and O–H groups in total. The highest BCUT2D eigenvalue weighted by atomic mass is 35.5. The maximum atomic E-state index is 11.8. The van der Waals surface area contributed by atoms with Crippen molar-refractivity contribution in [2.45, 2.75) is 19.8 Å². The average molecular weight is 365 g/mol. The number of nitrogens with zero attached hydrogens (tertiary/aromatic N) is 1. The van der Waals surface area contributed by atoms with Gasteiger partial charge in [-0.1, -0.05) is 55.2 Å². The van der Waals surface area contributed by atoms with Crippen molar-refractivity contribution in [1.29, 1.82) is 0 Å². The summed E-state index contributed by atoms with van der Waals surface area (Å²) in [6.07, 6.45) is 1.45. The van der Waals surface area contributed by atoms with E-state index in [2.05, 4.69) is 24.4 Å². The van der Waals surface area contributed by atoms with Gasteiger partial charge in [-0.05, 0) is 35.7 Å². The fraction of sp³-hybridized carbons (Fsp3) is 0.222. The second-order valence-corrected chi connectivity index (χ2v) is 6.32. The summed E-state index contributed by atoms with van der Waals surface area (Å²) in [5.74, 6) is 0.698. The molecule has 0 bridgehead atoms. The van der Waals surface area contributed by atoms with E-state index in [1.807, 2.05) is 24.3 Å². The van der Waals surface area contributed by atoms with Crippen LogP contribution in [0.5, 0.6) is 5.75 Å². The zero-order chi connectivity index (χ0) is 17.5. The number of amides is 1. The molecule has 0 aliphatic carbocycles. The SMILES string of the molecule is CC(C)c1cccc(OCC(=O)N/N=C/c2ccc(Cl)cc2Cl)c1. The number of rotatable bonds is 6. The Morgan fingerprint density at radius 1 is 1.25 bits per heavy atom. The van der Waals surface area contributed by atoms with E-state index in [-0.39, 0.29) is 12.5 Å². The van der Waals surface area contributed by atoms with E-state index in [1.165, 1.54) is 6.21 Å². The summed E-state index contributed by atoms with van der Waals surface area (Å²) in [7, 11) is 0. The van der Waals surface area contributed by atoms with Crippen molar-refractivity contribution in [1.82, 2.24) is 5.43 Å². The summed E-state index contributed by atoms with van der Waals surface area (Å²) in [6.45, 7) is 4.08. The standard InChI is InChI=1S/C18H18Cl2N2O2/c1-12(2)13-4-3-5-16(8-13)24-11-18(23)22-21-10-14-6-7-15(19)9-17(14)20/h3-10,12H,11H2,1-2H3,(H,22,23)/b21-10+. The molecule has 4 nitrogen and oxygen atoms in total. The Kier molecular flexibility index (Phi) is 6.64. The first kappa shape index (κ1) is 18.3. The molecule has 0 aliphatic rings. The third-order valence-electron chi connectivity index (χ3n) is 3.25. The Morgan fingerprint density at radius 2 is 2.04 bits per heavy atom. The van der Waals surface area contributed by atoms with Crippen LogP contribution in [0.2, 0.25) is 10.0 Å². The van der Waals surface area contributed by atoms with Crippen LogP contribution in [0.4, 0.5) is 0 Å². The molecule has 1 amide bonds. The maximum absolute atomic E-state index is 11.8. The number of nitrogens with one attached hydrogen (secondary N) is 1. The van der Waals surface area contributed by atoms with E-state index in [0.717, 1.165) is 5.56 Å². The summed E-state index contributed by atoms with van der Waals surface area (Å²) in [5, 5.41) is 4.86. The minimum atomic E-state index is -0.355. The lowest BCUT2D eigenvalue weighted by Gasteiger charge is -2.09. The Hall–Kier alpha value is -2.04. The van der Waals surface area contributed by atoms with Gasteiger partial charge in [0, 0.05) is 10.6 Å². The van der Waals surface area contributed by atoms with Crippen LogP contribution in [0.25, 0.3) is 0 Å². The number of carbonyl (C=O) groups excluding carboxylic acids is 1. The molecule has 2 rings (SSSR count). The fourth-order valence-electron chi connectivity index (χ4n) is 1.92. The van der Waals surface area contributed by atoms with Crippen molar-refractivity contribution in [3.8, 4) is 5.75 Å². The van der Waals surface area contributed by atoms with Crippen molar-refractivity contribution >= 4 is 35.3 Å². The molecular weight excluding hydrogens is 347 g/mol. The molecule has 0 saturated carbocycles. The number of hydrogen-bond donors (Lipinski definition) is 1. The Bertz CT molecular complexity index is 746. The Balaban J connectivity index is 1.85. The van der Waals surface area contributed by atoms with Gasteiger partial charge in [-0.15, -0.1) is 0 Å². The third-order valence-corrected chi connectivity index (χ3v) is 3.81. The molecule has 2 aromatic rings.